The van der Waals surface area contributed by atoms with Crippen molar-refractivity contribution in [1.82, 2.24) is 9.55 Å². The molecule has 0 radical (unpaired) electrons. The van der Waals surface area contributed by atoms with Crippen molar-refractivity contribution in [3.63, 3.8) is 0 Å². The molecule has 0 unspecified atom stereocenters. The van der Waals surface area contributed by atoms with E-state index in [0.29, 0.717) is 6.67 Å². The van der Waals surface area contributed by atoms with Gasteiger partial charge in [0, 0.05) is 45.9 Å². The zero-order valence-corrected chi connectivity index (χ0v) is 39.8. The van der Waals surface area contributed by atoms with Crippen LogP contribution in [0.3, 0.4) is 0 Å². The highest BCUT2D eigenvalue weighted by molar-refractivity contribution is 6.09. The molecule has 9 rings (SSSR count). The number of hydrogen-bond acceptors (Lipinski definition) is 4. The minimum Gasteiger partial charge on any atom is -0.457 e. The lowest BCUT2D eigenvalue weighted by atomic mass is 9.71. The van der Waals surface area contributed by atoms with Crippen molar-refractivity contribution >= 4 is 44.6 Å². The number of para-hydroxylation sites is 3. The highest BCUT2D eigenvalue weighted by Crippen LogP contribution is 2.48. The van der Waals surface area contributed by atoms with Gasteiger partial charge in [-0.05, 0) is 124 Å². The zero-order chi connectivity index (χ0) is 45.2. The number of benzene rings is 6. The van der Waals surface area contributed by atoms with Gasteiger partial charge in [-0.3, -0.25) is 4.57 Å². The van der Waals surface area contributed by atoms with Gasteiger partial charge >= 0.3 is 0 Å². The van der Waals surface area contributed by atoms with Crippen LogP contribution >= 0.6 is 0 Å². The third-order valence-electron chi connectivity index (χ3n) is 13.7. The van der Waals surface area contributed by atoms with E-state index in [2.05, 4.69) is 236 Å². The van der Waals surface area contributed by atoms with E-state index in [9.17, 15) is 0 Å². The fourth-order valence-electron chi connectivity index (χ4n) is 9.75. The van der Waals surface area contributed by atoms with Gasteiger partial charge in [0.1, 0.15) is 24.0 Å². The molecular weight excluding hydrogens is 781 g/mol. The van der Waals surface area contributed by atoms with Crippen molar-refractivity contribution in [2.75, 3.05) is 16.5 Å². The van der Waals surface area contributed by atoms with Crippen LogP contribution in [-0.4, -0.2) is 16.2 Å². The average Bonchev–Trinajstić information content (AvgIpc) is 3.83. The van der Waals surface area contributed by atoms with Crippen LogP contribution in [0.5, 0.6) is 11.5 Å². The summed E-state index contributed by atoms with van der Waals surface area (Å²) in [6.07, 6.45) is 3.96. The van der Waals surface area contributed by atoms with E-state index in [1.807, 2.05) is 6.20 Å². The SMILES string of the molecule is CCC(CC)(c1ccccc1)c1ccnc(-n2c3ccccc3c3ccc(Oc4cc(N5CN(c6cc(C(C)(C)C)cc(C(C)(C)C)c6)c6ccccc65)cc(C(C)(C)C)c4)cc32)c1. The number of aromatic nitrogens is 2. The Morgan fingerprint density at radius 2 is 1.02 bits per heavy atom. The Hall–Kier alpha value is -6.33. The summed E-state index contributed by atoms with van der Waals surface area (Å²) in [5, 5.41) is 2.35. The number of nitrogens with zero attached hydrogens (tertiary/aromatic N) is 4. The predicted octanol–water partition coefficient (Wildman–Crippen LogP) is 16.2. The molecule has 1 aliphatic heterocycles. The number of anilines is 4. The van der Waals surface area contributed by atoms with E-state index in [4.69, 9.17) is 9.72 Å². The summed E-state index contributed by atoms with van der Waals surface area (Å²) in [6, 6.07) is 53.4. The van der Waals surface area contributed by atoms with Crippen LogP contribution in [0.2, 0.25) is 0 Å². The number of fused-ring (bicyclic) bond motifs is 4. The van der Waals surface area contributed by atoms with Gasteiger partial charge in [0.2, 0.25) is 0 Å². The molecule has 0 saturated carbocycles. The zero-order valence-electron chi connectivity index (χ0n) is 39.8. The molecule has 8 aromatic rings. The van der Waals surface area contributed by atoms with Crippen LogP contribution in [0.25, 0.3) is 27.6 Å². The maximum absolute atomic E-state index is 7.01. The number of ether oxygens (including phenoxy) is 1. The molecule has 1 aliphatic rings. The third kappa shape index (κ3) is 7.73. The highest BCUT2D eigenvalue weighted by atomic mass is 16.5. The minimum atomic E-state index is -0.125. The Morgan fingerprint density at radius 3 is 1.62 bits per heavy atom. The van der Waals surface area contributed by atoms with E-state index < -0.39 is 0 Å². The lowest BCUT2D eigenvalue weighted by Crippen LogP contribution is -2.26. The fraction of sp³-hybridized carbons (Fsp3) is 0.305. The second-order valence-electron chi connectivity index (χ2n) is 20.9. The Bertz CT molecular complexity index is 2960. The molecule has 5 nitrogen and oxygen atoms in total. The second kappa shape index (κ2) is 16.0. The monoisotopic (exact) mass is 845 g/mol. The molecular formula is C59H64N4O. The van der Waals surface area contributed by atoms with E-state index in [0.717, 1.165) is 46.9 Å². The molecule has 5 heteroatoms. The number of rotatable bonds is 9. The molecule has 326 valence electrons. The summed E-state index contributed by atoms with van der Waals surface area (Å²) >= 11 is 0. The average molecular weight is 845 g/mol. The van der Waals surface area contributed by atoms with E-state index in [1.165, 1.54) is 55.7 Å². The number of pyridine rings is 1. The molecule has 0 atom stereocenters. The summed E-state index contributed by atoms with van der Waals surface area (Å²) in [5.74, 6) is 2.49. The topological polar surface area (TPSA) is 33.5 Å². The van der Waals surface area contributed by atoms with Crippen molar-refractivity contribution in [2.45, 2.75) is 111 Å². The van der Waals surface area contributed by atoms with Gasteiger partial charge in [0.25, 0.3) is 0 Å². The van der Waals surface area contributed by atoms with Gasteiger partial charge in [-0.25, -0.2) is 4.98 Å². The second-order valence-corrected chi connectivity index (χ2v) is 20.9. The van der Waals surface area contributed by atoms with Gasteiger partial charge in [-0.1, -0.05) is 143 Å². The maximum atomic E-state index is 7.01. The summed E-state index contributed by atoms with van der Waals surface area (Å²) in [7, 11) is 0. The first-order valence-electron chi connectivity index (χ1n) is 23.2. The summed E-state index contributed by atoms with van der Waals surface area (Å²) < 4.78 is 9.33. The Labute approximate surface area is 381 Å². The Morgan fingerprint density at radius 1 is 0.469 bits per heavy atom. The molecule has 0 aliphatic carbocycles. The van der Waals surface area contributed by atoms with Crippen molar-refractivity contribution in [2.24, 2.45) is 0 Å². The van der Waals surface area contributed by atoms with Crippen LogP contribution in [0.15, 0.2) is 152 Å². The van der Waals surface area contributed by atoms with Crippen LogP contribution < -0.4 is 14.5 Å². The summed E-state index contributed by atoms with van der Waals surface area (Å²) in [5.41, 5.74) is 13.2. The normalized spacial score (nSPS) is 13.5. The lowest BCUT2D eigenvalue weighted by molar-refractivity contribution is 0.477. The van der Waals surface area contributed by atoms with Gasteiger partial charge in [0.15, 0.2) is 0 Å². The van der Waals surface area contributed by atoms with E-state index in [1.54, 1.807) is 0 Å². The summed E-state index contributed by atoms with van der Waals surface area (Å²) in [4.78, 5) is 9.98. The first kappa shape index (κ1) is 42.9. The minimum absolute atomic E-state index is 0.0124. The third-order valence-corrected chi connectivity index (χ3v) is 13.7. The first-order chi connectivity index (χ1) is 30.5. The molecule has 6 aromatic carbocycles. The highest BCUT2D eigenvalue weighted by Gasteiger charge is 2.33. The van der Waals surface area contributed by atoms with Gasteiger partial charge in [-0.2, -0.15) is 0 Å². The molecule has 0 saturated heterocycles. The van der Waals surface area contributed by atoms with Crippen LogP contribution in [0.1, 0.15) is 117 Å². The quantitative estimate of drug-likeness (QED) is 0.145. The summed E-state index contributed by atoms with van der Waals surface area (Å²) in [6.45, 7) is 26.0. The Balaban J connectivity index is 1.13. The van der Waals surface area contributed by atoms with Gasteiger partial charge in [-0.15, -0.1) is 0 Å². The fourth-order valence-corrected chi connectivity index (χ4v) is 9.75. The molecule has 0 bridgehead atoms. The predicted molar refractivity (Wildman–Crippen MR) is 271 cm³/mol. The van der Waals surface area contributed by atoms with E-state index in [-0.39, 0.29) is 21.7 Å². The largest absolute Gasteiger partial charge is 0.457 e. The van der Waals surface area contributed by atoms with Crippen LogP contribution in [-0.2, 0) is 21.7 Å². The number of hydrogen-bond donors (Lipinski definition) is 0. The smallest absolute Gasteiger partial charge is 0.137 e. The molecule has 2 aromatic heterocycles. The molecule has 0 amide bonds. The maximum Gasteiger partial charge on any atom is 0.137 e. The first-order valence-corrected chi connectivity index (χ1v) is 23.2. The molecule has 0 spiro atoms. The van der Waals surface area contributed by atoms with E-state index >= 15 is 0 Å². The molecule has 3 heterocycles. The molecule has 64 heavy (non-hydrogen) atoms. The van der Waals surface area contributed by atoms with Crippen molar-refractivity contribution in [3.05, 3.63) is 180 Å². The molecule has 0 N–H and O–H groups in total. The van der Waals surface area contributed by atoms with Crippen molar-refractivity contribution in [3.8, 4) is 17.3 Å². The van der Waals surface area contributed by atoms with Gasteiger partial charge in [0.05, 0.1) is 22.4 Å². The van der Waals surface area contributed by atoms with Crippen LogP contribution in [0.4, 0.5) is 22.7 Å². The standard InChI is InChI=1S/C59H64N4O/c1-12-59(13-2,40-21-15-14-16-22-40)41-29-30-60-55(36-41)63-51-24-18-17-23-49(51)50-28-27-47(38-54(50)63)64-48-35-44(58(9,10)11)34-46(37-48)62-39-61(52-25-19-20-26-53(52)62)45-32-42(56(3,4)5)31-43(33-45)57(6,7)8/h14-38H,12-13,39H2,1-11H3. The van der Waals surface area contributed by atoms with Crippen molar-refractivity contribution < 1.29 is 4.74 Å². The molecule has 0 fully saturated rings. The van der Waals surface area contributed by atoms with Crippen molar-refractivity contribution in [1.29, 1.82) is 0 Å². The lowest BCUT2D eigenvalue weighted by Gasteiger charge is -2.33. The Kier molecular flexibility index (Phi) is 10.8. The van der Waals surface area contributed by atoms with Crippen LogP contribution in [0, 0.1) is 0 Å². The van der Waals surface area contributed by atoms with Gasteiger partial charge < -0.3 is 14.5 Å².